The molecular weight excluding hydrogens is 410 g/mol. The van der Waals surface area contributed by atoms with Crippen LogP contribution >= 0.6 is 0 Å². The number of fused-ring (bicyclic) bond motifs is 2. The van der Waals surface area contributed by atoms with Gasteiger partial charge in [0.1, 0.15) is 17.3 Å². The fraction of sp³-hybridized carbons (Fsp3) is 0.130. The molecule has 160 valence electrons. The molecule has 4 aromatic rings. The predicted molar refractivity (Wildman–Crippen MR) is 118 cm³/mol. The molecule has 2 heterocycles. The Kier molecular flexibility index (Phi) is 4.91. The van der Waals surface area contributed by atoms with Crippen molar-refractivity contribution in [2.45, 2.75) is 12.8 Å². The number of nitrogens with zero attached hydrogens (tertiary/aromatic N) is 4. The van der Waals surface area contributed by atoms with Crippen molar-refractivity contribution in [1.82, 2.24) is 14.4 Å². The summed E-state index contributed by atoms with van der Waals surface area (Å²) in [5, 5.41) is 24.8. The summed E-state index contributed by atoms with van der Waals surface area (Å²) < 4.78 is 7.15. The van der Waals surface area contributed by atoms with Crippen LogP contribution in [-0.2, 0) is 11.2 Å². The Morgan fingerprint density at radius 1 is 1.19 bits per heavy atom. The molecule has 32 heavy (non-hydrogen) atoms. The van der Waals surface area contributed by atoms with Gasteiger partial charge in [0.2, 0.25) is 0 Å². The largest absolute Gasteiger partial charge is 0.482 e. The van der Waals surface area contributed by atoms with Gasteiger partial charge in [0.25, 0.3) is 0 Å². The summed E-state index contributed by atoms with van der Waals surface area (Å²) in [5.41, 5.74) is 5.95. The van der Waals surface area contributed by atoms with Gasteiger partial charge in [-0.25, -0.2) is 9.78 Å². The maximum atomic E-state index is 10.7. The van der Waals surface area contributed by atoms with E-state index in [-0.39, 0.29) is 0 Å². The Morgan fingerprint density at radius 2 is 2.03 bits per heavy atom. The molecule has 0 bridgehead atoms. The van der Waals surface area contributed by atoms with Crippen LogP contribution in [0.2, 0.25) is 0 Å². The van der Waals surface area contributed by atoms with Crippen LogP contribution in [-0.4, -0.2) is 43.0 Å². The normalized spacial score (nSPS) is 13.9. The lowest BCUT2D eigenvalue weighted by molar-refractivity contribution is -0.139. The molecule has 1 aliphatic carbocycles. The summed E-state index contributed by atoms with van der Waals surface area (Å²) >= 11 is 0. The van der Waals surface area contributed by atoms with Crippen molar-refractivity contribution < 1.29 is 19.8 Å². The number of imidazole rings is 1. The molecule has 1 aliphatic rings. The highest BCUT2D eigenvalue weighted by atomic mass is 16.5. The molecule has 0 spiro atoms. The zero-order valence-corrected chi connectivity index (χ0v) is 16.9. The molecule has 2 aromatic carbocycles. The van der Waals surface area contributed by atoms with Gasteiger partial charge in [-0.15, -0.1) is 0 Å². The molecule has 0 saturated heterocycles. The van der Waals surface area contributed by atoms with Gasteiger partial charge < -0.3 is 20.4 Å². The number of carboxylic acid groups (broad SMARTS) is 1. The van der Waals surface area contributed by atoms with Gasteiger partial charge in [0, 0.05) is 29.2 Å². The number of ether oxygens (including phenoxy) is 1. The minimum Gasteiger partial charge on any atom is -0.482 e. The smallest absolute Gasteiger partial charge is 0.341 e. The molecular formula is C23H19N5O4. The van der Waals surface area contributed by atoms with Crippen LogP contribution in [0.3, 0.4) is 0 Å². The van der Waals surface area contributed by atoms with Gasteiger partial charge in [-0.2, -0.15) is 0 Å². The van der Waals surface area contributed by atoms with E-state index in [1.54, 1.807) is 24.5 Å². The predicted octanol–water partition coefficient (Wildman–Crippen LogP) is 3.73. The first-order chi connectivity index (χ1) is 15.6. The maximum Gasteiger partial charge on any atom is 0.341 e. The van der Waals surface area contributed by atoms with Crippen LogP contribution in [0.1, 0.15) is 17.5 Å². The third-order valence-corrected chi connectivity index (χ3v) is 5.35. The summed E-state index contributed by atoms with van der Waals surface area (Å²) in [6.45, 7) is -0.396. The van der Waals surface area contributed by atoms with Crippen LogP contribution in [0.5, 0.6) is 5.75 Å². The number of anilines is 2. The second-order valence-electron chi connectivity index (χ2n) is 7.36. The maximum absolute atomic E-state index is 10.7. The molecule has 0 unspecified atom stereocenters. The average molecular weight is 429 g/mol. The summed E-state index contributed by atoms with van der Waals surface area (Å²) in [6.07, 6.45) is 6.76. The van der Waals surface area contributed by atoms with Gasteiger partial charge in [-0.1, -0.05) is 11.2 Å². The van der Waals surface area contributed by atoms with Crippen LogP contribution in [0.15, 0.2) is 66.2 Å². The molecule has 9 nitrogen and oxygen atoms in total. The lowest BCUT2D eigenvalue weighted by atomic mass is 10.1. The molecule has 0 amide bonds. The number of nitrogens with one attached hydrogen (secondary N) is 1. The summed E-state index contributed by atoms with van der Waals surface area (Å²) in [6, 6.07) is 13.1. The first kappa shape index (κ1) is 19.6. The Balaban J connectivity index is 1.51. The third kappa shape index (κ3) is 3.60. The van der Waals surface area contributed by atoms with E-state index < -0.39 is 12.6 Å². The SMILES string of the molecule is O=C(O)COc1ccc(-c2nc3cnccn3c2Nc2ccc3c(c2)CC/C3=N\O)cc1. The Bertz CT molecular complexity index is 1340. The topological polar surface area (TPSA) is 121 Å². The first-order valence-electron chi connectivity index (χ1n) is 10.0. The third-order valence-electron chi connectivity index (χ3n) is 5.35. The lowest BCUT2D eigenvalue weighted by Crippen LogP contribution is -2.09. The number of hydrogen-bond donors (Lipinski definition) is 3. The van der Waals surface area contributed by atoms with Crippen LogP contribution < -0.4 is 10.1 Å². The van der Waals surface area contributed by atoms with E-state index in [0.717, 1.165) is 46.7 Å². The fourth-order valence-electron chi connectivity index (χ4n) is 3.87. The quantitative estimate of drug-likeness (QED) is 0.315. The minimum atomic E-state index is -1.03. The number of oxime groups is 1. The zero-order chi connectivity index (χ0) is 22.1. The summed E-state index contributed by atoms with van der Waals surface area (Å²) in [5.74, 6) is 0.215. The van der Waals surface area contributed by atoms with E-state index in [4.69, 9.17) is 20.0 Å². The van der Waals surface area contributed by atoms with Crippen molar-refractivity contribution >= 4 is 28.8 Å². The van der Waals surface area contributed by atoms with Crippen molar-refractivity contribution in [3.8, 4) is 17.0 Å². The van der Waals surface area contributed by atoms with E-state index in [9.17, 15) is 4.79 Å². The van der Waals surface area contributed by atoms with Crippen molar-refractivity contribution in [1.29, 1.82) is 0 Å². The van der Waals surface area contributed by atoms with Crippen LogP contribution in [0.4, 0.5) is 11.5 Å². The number of hydrogen-bond acceptors (Lipinski definition) is 7. The van der Waals surface area contributed by atoms with Gasteiger partial charge in [-0.3, -0.25) is 9.38 Å². The van der Waals surface area contributed by atoms with Crippen molar-refractivity contribution in [2.75, 3.05) is 11.9 Å². The molecule has 5 rings (SSSR count). The highest BCUT2D eigenvalue weighted by Crippen LogP contribution is 2.33. The van der Waals surface area contributed by atoms with Crippen LogP contribution in [0, 0.1) is 0 Å². The number of benzene rings is 2. The molecule has 0 atom stereocenters. The van der Waals surface area contributed by atoms with E-state index >= 15 is 0 Å². The number of aliphatic carboxylic acids is 1. The molecule has 0 radical (unpaired) electrons. The first-order valence-corrected chi connectivity index (χ1v) is 10.0. The number of carbonyl (C=O) groups is 1. The number of aryl methyl sites for hydroxylation is 1. The molecule has 0 saturated carbocycles. The van der Waals surface area contributed by atoms with Crippen molar-refractivity contribution in [2.24, 2.45) is 5.16 Å². The van der Waals surface area contributed by atoms with Gasteiger partial charge >= 0.3 is 5.97 Å². The van der Waals surface area contributed by atoms with Crippen molar-refractivity contribution in [3.63, 3.8) is 0 Å². The monoisotopic (exact) mass is 429 g/mol. The van der Waals surface area contributed by atoms with Gasteiger partial charge in [0.15, 0.2) is 12.3 Å². The summed E-state index contributed by atoms with van der Waals surface area (Å²) in [4.78, 5) is 19.6. The highest BCUT2D eigenvalue weighted by molar-refractivity contribution is 6.04. The number of carboxylic acids is 1. The van der Waals surface area contributed by atoms with E-state index in [1.807, 2.05) is 34.9 Å². The van der Waals surface area contributed by atoms with Gasteiger partial charge in [-0.05, 0) is 54.8 Å². The Morgan fingerprint density at radius 3 is 2.81 bits per heavy atom. The van der Waals surface area contributed by atoms with Gasteiger partial charge in [0.05, 0.1) is 11.9 Å². The second-order valence-corrected chi connectivity index (χ2v) is 7.36. The molecule has 0 aliphatic heterocycles. The second kappa shape index (κ2) is 8.03. The molecule has 0 fully saturated rings. The van der Waals surface area contributed by atoms with Crippen LogP contribution in [0.25, 0.3) is 16.9 Å². The van der Waals surface area contributed by atoms with E-state index in [2.05, 4.69) is 21.5 Å². The minimum absolute atomic E-state index is 0.396. The standard InChI is InChI=1S/C23H19N5O4/c29-21(30)13-32-17-5-1-14(2-6-17)22-23(28-10-9-24-12-20(28)26-22)25-16-4-7-18-15(11-16)3-8-19(18)27-31/h1-2,4-7,9-12,25,31H,3,8,13H2,(H,29,30)/b27-19+. The zero-order valence-electron chi connectivity index (χ0n) is 16.9. The molecule has 3 N–H and O–H groups in total. The number of aromatic nitrogens is 3. The molecule has 2 aromatic heterocycles. The summed E-state index contributed by atoms with van der Waals surface area (Å²) in [7, 11) is 0. The Hall–Kier alpha value is -4.40. The fourth-order valence-corrected chi connectivity index (χ4v) is 3.87. The average Bonchev–Trinajstić information content (AvgIpc) is 3.39. The number of rotatable bonds is 6. The van der Waals surface area contributed by atoms with E-state index in [1.165, 1.54) is 0 Å². The molecule has 9 heteroatoms. The van der Waals surface area contributed by atoms with Crippen molar-refractivity contribution in [3.05, 3.63) is 72.2 Å². The highest BCUT2D eigenvalue weighted by Gasteiger charge is 2.20. The Labute approximate surface area is 182 Å². The lowest BCUT2D eigenvalue weighted by Gasteiger charge is -2.11. The van der Waals surface area contributed by atoms with E-state index in [0.29, 0.717) is 17.1 Å².